The molecule has 4 aromatic rings. The number of anilines is 1. The van der Waals surface area contributed by atoms with Gasteiger partial charge in [0.25, 0.3) is 5.91 Å². The third kappa shape index (κ3) is 5.20. The van der Waals surface area contributed by atoms with Crippen molar-refractivity contribution in [1.82, 2.24) is 9.36 Å². The van der Waals surface area contributed by atoms with Crippen molar-refractivity contribution < 1.29 is 9.21 Å². The number of hydrogen-bond acceptors (Lipinski definition) is 6. The molecule has 0 aliphatic rings. The van der Waals surface area contributed by atoms with Gasteiger partial charge in [-0.3, -0.25) is 10.1 Å². The highest BCUT2D eigenvalue weighted by molar-refractivity contribution is 8.00. The van der Waals surface area contributed by atoms with Crippen LogP contribution in [0.3, 0.4) is 0 Å². The molecule has 0 bridgehead atoms. The van der Waals surface area contributed by atoms with Crippen molar-refractivity contribution in [3.8, 4) is 0 Å². The topological polar surface area (TPSA) is 68.0 Å². The van der Waals surface area contributed by atoms with Crippen molar-refractivity contribution in [1.29, 1.82) is 0 Å². The number of nitrogens with zero attached hydrogens (tertiary/aromatic N) is 2. The van der Waals surface area contributed by atoms with Gasteiger partial charge in [0, 0.05) is 12.2 Å². The van der Waals surface area contributed by atoms with Gasteiger partial charge in [-0.15, -0.1) is 0 Å². The Labute approximate surface area is 202 Å². The summed E-state index contributed by atoms with van der Waals surface area (Å²) >= 11 is 2.88. The molecule has 0 saturated heterocycles. The molecule has 0 atom stereocenters. The zero-order valence-electron chi connectivity index (χ0n) is 19.5. The lowest BCUT2D eigenvalue weighted by molar-refractivity contribution is 0.0994. The molecule has 33 heavy (non-hydrogen) atoms. The predicted molar refractivity (Wildman–Crippen MR) is 136 cm³/mol. The lowest BCUT2D eigenvalue weighted by atomic mass is 9.88. The van der Waals surface area contributed by atoms with Crippen LogP contribution in [0.4, 0.5) is 5.95 Å². The van der Waals surface area contributed by atoms with Gasteiger partial charge in [0.1, 0.15) is 5.76 Å². The molecule has 0 saturated carbocycles. The Morgan fingerprint density at radius 3 is 2.30 bits per heavy atom. The predicted octanol–water partition coefficient (Wildman–Crippen LogP) is 6.81. The molecule has 0 unspecified atom stereocenters. The summed E-state index contributed by atoms with van der Waals surface area (Å²) in [5.74, 6) is 1.79. The Hall–Kier alpha value is -2.90. The fourth-order valence-corrected chi connectivity index (χ4v) is 5.32. The number of thioether (sulfide) groups is 1. The molecule has 0 aliphatic heterocycles. The molecule has 2 aromatic carbocycles. The monoisotopic (exact) mass is 477 g/mol. The third-order valence-electron chi connectivity index (χ3n) is 6.23. The molecule has 1 N–H and O–H groups in total. The summed E-state index contributed by atoms with van der Waals surface area (Å²) < 4.78 is 11.0. The number of amides is 1. The largest absolute Gasteiger partial charge is 0.456 e. The fraction of sp³-hybridized carbons (Fsp3) is 0.269. The highest BCUT2D eigenvalue weighted by Crippen LogP contribution is 2.29. The second kappa shape index (κ2) is 9.93. The van der Waals surface area contributed by atoms with Crippen LogP contribution < -0.4 is 5.32 Å². The summed E-state index contributed by atoms with van der Waals surface area (Å²) in [6, 6.07) is 13.8. The van der Waals surface area contributed by atoms with E-state index in [1.54, 1.807) is 17.8 Å². The first-order chi connectivity index (χ1) is 15.8. The van der Waals surface area contributed by atoms with Crippen molar-refractivity contribution in [3.63, 3.8) is 0 Å². The maximum atomic E-state index is 12.7. The van der Waals surface area contributed by atoms with Crippen LogP contribution >= 0.6 is 23.3 Å². The maximum absolute atomic E-state index is 12.7. The first-order valence-corrected chi connectivity index (χ1v) is 12.6. The quantitative estimate of drug-likeness (QED) is 0.296. The smallest absolute Gasteiger partial charge is 0.293 e. The highest BCUT2D eigenvalue weighted by atomic mass is 32.2. The molecule has 0 spiro atoms. The molecule has 2 aromatic heterocycles. The number of rotatable bonds is 7. The second-order valence-corrected chi connectivity index (χ2v) is 10.1. The molecule has 170 valence electrons. The Balaban J connectivity index is 1.41. The number of carbonyl (C=O) groups excluding carboxylic acids is 1. The van der Waals surface area contributed by atoms with E-state index in [9.17, 15) is 4.79 Å². The molecule has 0 radical (unpaired) electrons. The minimum absolute atomic E-state index is 0.258. The van der Waals surface area contributed by atoms with Crippen LogP contribution in [0.2, 0.25) is 0 Å². The molecule has 0 aliphatic carbocycles. The van der Waals surface area contributed by atoms with Crippen LogP contribution in [0.25, 0.3) is 0 Å². The van der Waals surface area contributed by atoms with E-state index < -0.39 is 0 Å². The van der Waals surface area contributed by atoms with Gasteiger partial charge in [0.15, 0.2) is 10.1 Å². The van der Waals surface area contributed by atoms with Crippen molar-refractivity contribution in [2.75, 3.05) is 5.32 Å². The average molecular weight is 478 g/mol. The normalized spacial score (nSPS) is 11.1. The van der Waals surface area contributed by atoms with Gasteiger partial charge in [-0.05, 0) is 97.2 Å². The van der Waals surface area contributed by atoms with E-state index in [-0.39, 0.29) is 11.7 Å². The fourth-order valence-electron chi connectivity index (χ4n) is 3.81. The van der Waals surface area contributed by atoms with E-state index in [0.29, 0.717) is 12.4 Å². The van der Waals surface area contributed by atoms with Gasteiger partial charge in [0.2, 0.25) is 5.95 Å². The van der Waals surface area contributed by atoms with Crippen molar-refractivity contribution in [2.45, 2.75) is 51.1 Å². The molecule has 4 rings (SSSR count). The summed E-state index contributed by atoms with van der Waals surface area (Å²) in [4.78, 5) is 17.1. The summed E-state index contributed by atoms with van der Waals surface area (Å²) in [6.07, 6.45) is 0.655. The van der Waals surface area contributed by atoms with Crippen LogP contribution in [0.15, 0.2) is 51.2 Å². The van der Waals surface area contributed by atoms with Crippen LogP contribution in [0, 0.1) is 34.6 Å². The standard InChI is InChI=1S/C26H27N3O2S2/c1-15-16(2)18(4)22(19(5)17(15)3)13-21-11-12-23(31-21)24(30)27-25-28-26(33-29-25)32-14-20-9-7-6-8-10-20/h6-12H,13-14H2,1-5H3,(H,27,29,30). The molecule has 7 heteroatoms. The lowest BCUT2D eigenvalue weighted by Crippen LogP contribution is -2.12. The number of benzene rings is 2. The van der Waals surface area contributed by atoms with Gasteiger partial charge in [-0.1, -0.05) is 42.1 Å². The Morgan fingerprint density at radius 2 is 1.61 bits per heavy atom. The van der Waals surface area contributed by atoms with Crippen molar-refractivity contribution >= 4 is 35.1 Å². The minimum Gasteiger partial charge on any atom is -0.456 e. The number of carbonyl (C=O) groups is 1. The summed E-state index contributed by atoms with van der Waals surface area (Å²) in [6.45, 7) is 10.8. The van der Waals surface area contributed by atoms with Gasteiger partial charge in [0.05, 0.1) is 0 Å². The number of hydrogen-bond donors (Lipinski definition) is 1. The van der Waals surface area contributed by atoms with Gasteiger partial charge in [-0.25, -0.2) is 0 Å². The van der Waals surface area contributed by atoms with Crippen LogP contribution in [-0.2, 0) is 12.2 Å². The van der Waals surface area contributed by atoms with E-state index in [4.69, 9.17) is 4.42 Å². The van der Waals surface area contributed by atoms with E-state index in [1.807, 2.05) is 24.3 Å². The number of aromatic nitrogens is 2. The average Bonchev–Trinajstić information content (AvgIpc) is 3.48. The zero-order chi connectivity index (χ0) is 23.5. The molecule has 5 nitrogen and oxygen atoms in total. The third-order valence-corrected chi connectivity index (χ3v) is 8.13. The van der Waals surface area contributed by atoms with Gasteiger partial charge < -0.3 is 4.42 Å². The molecule has 1 amide bonds. The lowest BCUT2D eigenvalue weighted by Gasteiger charge is -2.18. The Kier molecular flexibility index (Phi) is 7.00. The van der Waals surface area contributed by atoms with E-state index >= 15 is 0 Å². The molecular weight excluding hydrogens is 450 g/mol. The molecular formula is C26H27N3O2S2. The minimum atomic E-state index is -0.344. The van der Waals surface area contributed by atoms with Crippen LogP contribution in [0.1, 0.15) is 55.3 Å². The first-order valence-electron chi connectivity index (χ1n) is 10.8. The summed E-state index contributed by atoms with van der Waals surface area (Å²) in [5, 5.41) is 2.74. The van der Waals surface area contributed by atoms with Gasteiger partial charge in [-0.2, -0.15) is 9.36 Å². The summed E-state index contributed by atoms with van der Waals surface area (Å²) in [7, 11) is 0. The highest BCUT2D eigenvalue weighted by Gasteiger charge is 2.17. The first kappa shape index (κ1) is 23.3. The number of nitrogens with one attached hydrogen (secondary N) is 1. The van der Waals surface area contributed by atoms with E-state index in [1.165, 1.54) is 50.5 Å². The second-order valence-electron chi connectivity index (χ2n) is 8.16. The maximum Gasteiger partial charge on any atom is 0.293 e. The van der Waals surface area contributed by atoms with Crippen LogP contribution in [-0.4, -0.2) is 15.3 Å². The van der Waals surface area contributed by atoms with Crippen molar-refractivity contribution in [2.24, 2.45) is 0 Å². The number of furan rings is 1. The Bertz CT molecular complexity index is 1260. The Morgan fingerprint density at radius 1 is 0.939 bits per heavy atom. The van der Waals surface area contributed by atoms with E-state index in [0.717, 1.165) is 15.9 Å². The van der Waals surface area contributed by atoms with Crippen molar-refractivity contribution in [3.05, 3.63) is 92.9 Å². The van der Waals surface area contributed by atoms with Gasteiger partial charge >= 0.3 is 0 Å². The molecule has 0 fully saturated rings. The molecule has 2 heterocycles. The van der Waals surface area contributed by atoms with Crippen LogP contribution in [0.5, 0.6) is 0 Å². The summed E-state index contributed by atoms with van der Waals surface area (Å²) in [5.41, 5.74) is 9.01. The SMILES string of the molecule is Cc1c(C)c(C)c(Cc2ccc(C(=O)Nc3nsc(SCc4ccccc4)n3)o2)c(C)c1C. The van der Waals surface area contributed by atoms with E-state index in [2.05, 4.69) is 61.4 Å². The zero-order valence-corrected chi connectivity index (χ0v) is 21.1.